The number of benzene rings is 2. The van der Waals surface area contributed by atoms with Crippen molar-refractivity contribution in [3.05, 3.63) is 66.7 Å². The molecule has 0 saturated carbocycles. The van der Waals surface area contributed by atoms with E-state index in [9.17, 15) is 0 Å². The van der Waals surface area contributed by atoms with Gasteiger partial charge < -0.3 is 15.3 Å². The van der Waals surface area contributed by atoms with Gasteiger partial charge in [0.2, 0.25) is 0 Å². The third-order valence-corrected chi connectivity index (χ3v) is 1.42. The number of aromatic hydroxyl groups is 1. The fraction of sp³-hybridized carbons (Fsp3) is 0. The van der Waals surface area contributed by atoms with Crippen molar-refractivity contribution in [2.75, 3.05) is 0 Å². The minimum atomic E-state index is -1.83. The molecule has 0 aromatic heterocycles. The summed E-state index contributed by atoms with van der Waals surface area (Å²) < 4.78 is 0. The minimum Gasteiger partial charge on any atom is -0.508 e. The fourth-order valence-corrected chi connectivity index (χ4v) is 0.813. The van der Waals surface area contributed by atoms with E-state index in [2.05, 4.69) is 0 Å². The maximum Gasteiger partial charge on any atom is 0.503 e. The maximum atomic E-state index is 8.63. The quantitative estimate of drug-likeness (QED) is 0.653. The number of carboxylic acid groups (broad SMARTS) is 2. The van der Waals surface area contributed by atoms with Gasteiger partial charge in [0, 0.05) is 0 Å². The zero-order valence-corrected chi connectivity index (χ0v) is 9.10. The normalized spacial score (nSPS) is 7.76. The first-order valence-electron chi connectivity index (χ1n) is 4.79. The van der Waals surface area contributed by atoms with Gasteiger partial charge in [-0.3, -0.25) is 0 Å². The first-order chi connectivity index (χ1) is 8.13. The van der Waals surface area contributed by atoms with E-state index in [4.69, 9.17) is 20.1 Å². The highest BCUT2D eigenvalue weighted by molar-refractivity contribution is 5.53. The molecule has 0 aliphatic rings. The van der Waals surface area contributed by atoms with Gasteiger partial charge in [-0.25, -0.2) is 4.79 Å². The Morgan fingerprint density at radius 3 is 1.12 bits per heavy atom. The highest BCUT2D eigenvalue weighted by Crippen LogP contribution is 2.02. The molecule has 0 aliphatic carbocycles. The molecule has 0 saturated heterocycles. The van der Waals surface area contributed by atoms with Crippen LogP contribution in [-0.2, 0) is 0 Å². The molecule has 4 nitrogen and oxygen atoms in total. The molecule has 0 heterocycles. The average Bonchev–Trinajstić information content (AvgIpc) is 2.32. The Kier molecular flexibility index (Phi) is 8.57. The van der Waals surface area contributed by atoms with Crippen LogP contribution in [0.4, 0.5) is 4.79 Å². The van der Waals surface area contributed by atoms with Crippen molar-refractivity contribution in [1.82, 2.24) is 0 Å². The Balaban J connectivity index is 0.000000236. The molecule has 0 aliphatic heterocycles. The molecular formula is C13H14O4. The van der Waals surface area contributed by atoms with Crippen molar-refractivity contribution in [1.29, 1.82) is 0 Å². The van der Waals surface area contributed by atoms with Gasteiger partial charge in [-0.1, -0.05) is 54.6 Å². The molecule has 3 N–H and O–H groups in total. The lowest BCUT2D eigenvalue weighted by Crippen LogP contribution is -1.81. The van der Waals surface area contributed by atoms with Crippen LogP contribution in [0.1, 0.15) is 0 Å². The number of rotatable bonds is 0. The van der Waals surface area contributed by atoms with Crippen LogP contribution in [0.5, 0.6) is 5.75 Å². The van der Waals surface area contributed by atoms with Crippen molar-refractivity contribution in [3.8, 4) is 5.75 Å². The largest absolute Gasteiger partial charge is 0.508 e. The third kappa shape index (κ3) is 13.5. The Labute approximate surface area is 99.4 Å². The van der Waals surface area contributed by atoms with Crippen molar-refractivity contribution in [2.24, 2.45) is 0 Å². The van der Waals surface area contributed by atoms with Gasteiger partial charge in [-0.2, -0.15) is 0 Å². The van der Waals surface area contributed by atoms with Crippen LogP contribution in [0, 0.1) is 0 Å². The first-order valence-corrected chi connectivity index (χ1v) is 4.79. The van der Waals surface area contributed by atoms with Gasteiger partial charge in [-0.05, 0) is 12.1 Å². The molecule has 0 fully saturated rings. The minimum absolute atomic E-state index is 0.322. The number of phenols is 1. The number of hydrogen-bond donors (Lipinski definition) is 3. The van der Waals surface area contributed by atoms with Crippen LogP contribution in [0.2, 0.25) is 0 Å². The molecule has 0 radical (unpaired) electrons. The van der Waals surface area contributed by atoms with Gasteiger partial charge in [-0.15, -0.1) is 0 Å². The smallest absolute Gasteiger partial charge is 0.503 e. The second-order valence-electron chi connectivity index (χ2n) is 2.77. The predicted molar refractivity (Wildman–Crippen MR) is 65.2 cm³/mol. The van der Waals surface area contributed by atoms with Crippen molar-refractivity contribution >= 4 is 6.16 Å². The summed E-state index contributed by atoms with van der Waals surface area (Å²) in [4.78, 5) is 8.56. The van der Waals surface area contributed by atoms with E-state index in [0.29, 0.717) is 5.75 Å². The molecule has 0 amide bonds. The Bertz CT molecular complexity index is 356. The second kappa shape index (κ2) is 10.0. The van der Waals surface area contributed by atoms with Gasteiger partial charge in [0.05, 0.1) is 0 Å². The van der Waals surface area contributed by atoms with Crippen molar-refractivity contribution < 1.29 is 20.1 Å². The summed E-state index contributed by atoms with van der Waals surface area (Å²) in [6.45, 7) is 0. The summed E-state index contributed by atoms with van der Waals surface area (Å²) in [5.41, 5.74) is 0. The van der Waals surface area contributed by atoms with Gasteiger partial charge in [0.15, 0.2) is 0 Å². The van der Waals surface area contributed by atoms with Gasteiger partial charge in [0.25, 0.3) is 0 Å². The summed E-state index contributed by atoms with van der Waals surface area (Å²) in [6.07, 6.45) is -1.83. The van der Waals surface area contributed by atoms with E-state index in [0.717, 1.165) is 0 Å². The van der Waals surface area contributed by atoms with Crippen LogP contribution < -0.4 is 0 Å². The Morgan fingerprint density at radius 1 is 0.706 bits per heavy atom. The molecule has 2 rings (SSSR count). The molecular weight excluding hydrogens is 220 g/mol. The summed E-state index contributed by atoms with van der Waals surface area (Å²) in [5.74, 6) is 0.322. The van der Waals surface area contributed by atoms with E-state index < -0.39 is 6.16 Å². The highest BCUT2D eigenvalue weighted by Gasteiger charge is 1.74. The Hall–Kier alpha value is -2.49. The molecule has 2 aromatic rings. The van der Waals surface area contributed by atoms with Crippen LogP contribution >= 0.6 is 0 Å². The van der Waals surface area contributed by atoms with Crippen LogP contribution in [0.3, 0.4) is 0 Å². The number of phenolic OH excluding ortho intramolecular Hbond substituents is 1. The lowest BCUT2D eigenvalue weighted by Gasteiger charge is -1.82. The van der Waals surface area contributed by atoms with Gasteiger partial charge >= 0.3 is 6.16 Å². The molecule has 4 heteroatoms. The number of hydrogen-bond acceptors (Lipinski definition) is 2. The molecule has 0 unspecified atom stereocenters. The molecule has 0 spiro atoms. The molecule has 0 atom stereocenters. The van der Waals surface area contributed by atoms with Crippen LogP contribution in [0.15, 0.2) is 66.7 Å². The molecule has 0 bridgehead atoms. The third-order valence-electron chi connectivity index (χ3n) is 1.42. The van der Waals surface area contributed by atoms with Crippen LogP contribution in [-0.4, -0.2) is 21.5 Å². The monoisotopic (exact) mass is 234 g/mol. The molecule has 90 valence electrons. The predicted octanol–water partition coefficient (Wildman–Crippen LogP) is 3.30. The fourth-order valence-electron chi connectivity index (χ4n) is 0.813. The van der Waals surface area contributed by atoms with E-state index in [-0.39, 0.29) is 0 Å². The zero-order valence-electron chi connectivity index (χ0n) is 9.10. The van der Waals surface area contributed by atoms with E-state index >= 15 is 0 Å². The Morgan fingerprint density at radius 2 is 0.941 bits per heavy atom. The summed E-state index contributed by atoms with van der Waals surface area (Å²) in [6, 6.07) is 20.7. The lowest BCUT2D eigenvalue weighted by atomic mass is 10.3. The number of carbonyl (C=O) groups is 1. The summed E-state index contributed by atoms with van der Waals surface area (Å²) >= 11 is 0. The van der Waals surface area contributed by atoms with Crippen molar-refractivity contribution in [3.63, 3.8) is 0 Å². The SMILES string of the molecule is O=C(O)O.Oc1ccccc1.c1ccccc1. The highest BCUT2D eigenvalue weighted by atomic mass is 16.6. The maximum absolute atomic E-state index is 8.63. The van der Waals surface area contributed by atoms with Gasteiger partial charge in [0.1, 0.15) is 5.75 Å². The van der Waals surface area contributed by atoms with Crippen molar-refractivity contribution in [2.45, 2.75) is 0 Å². The summed E-state index contributed by atoms with van der Waals surface area (Å²) in [5, 5.41) is 22.6. The lowest BCUT2D eigenvalue weighted by molar-refractivity contribution is 0.137. The van der Waals surface area contributed by atoms with E-state index in [1.807, 2.05) is 42.5 Å². The molecule has 17 heavy (non-hydrogen) atoms. The van der Waals surface area contributed by atoms with E-state index in [1.54, 1.807) is 24.3 Å². The zero-order chi connectivity index (χ0) is 12.9. The second-order valence-corrected chi connectivity index (χ2v) is 2.77. The van der Waals surface area contributed by atoms with Crippen LogP contribution in [0.25, 0.3) is 0 Å². The van der Waals surface area contributed by atoms with E-state index in [1.165, 1.54) is 0 Å². The standard InChI is InChI=1S/C6H6O.C6H6.CH2O3/c7-6-4-2-1-3-5-6;1-2-4-6-5-3-1;2-1(3)4/h1-5,7H;1-6H;(H2,2,3,4). The summed E-state index contributed by atoms with van der Waals surface area (Å²) in [7, 11) is 0. The first kappa shape index (κ1) is 14.5. The number of para-hydroxylation sites is 1. The molecule has 2 aromatic carbocycles. The average molecular weight is 234 g/mol. The topological polar surface area (TPSA) is 77.8 Å².